The van der Waals surface area contributed by atoms with Gasteiger partial charge in [-0.15, -0.1) is 31.2 Å². The van der Waals surface area contributed by atoms with E-state index >= 15 is 4.39 Å². The number of nitrogens with zero attached hydrogens (tertiary/aromatic N) is 7. The number of nitrogens with one attached hydrogen (secondary N) is 6. The maximum Gasteiger partial charge on any atom is 0.340 e. The monoisotopic (exact) mass is 1250 g/mol. The number of carboxylic acid groups (broad SMARTS) is 1. The number of ether oxygens (including phenoxy) is 5. The number of hydrogen-bond donors (Lipinski definition) is 7. The summed E-state index contributed by atoms with van der Waals surface area (Å²) < 4.78 is 45.2. The van der Waals surface area contributed by atoms with Crippen molar-refractivity contribution in [2.45, 2.75) is 59.9 Å². The molecule has 4 bridgehead atoms. The molecule has 0 spiro atoms. The van der Waals surface area contributed by atoms with Crippen molar-refractivity contribution in [1.29, 1.82) is 5.41 Å². The molecule has 3 aromatic heterocycles. The Morgan fingerprint density at radius 3 is 2.02 bits per heavy atom. The number of fused-ring (bicyclic) bond motifs is 5. The van der Waals surface area contributed by atoms with Crippen LogP contribution in [0.2, 0.25) is 5.02 Å². The Labute approximate surface area is 516 Å². The number of thiophene rings is 1. The molecule has 5 amide bonds. The van der Waals surface area contributed by atoms with Gasteiger partial charge < -0.3 is 60.8 Å². The van der Waals surface area contributed by atoms with Crippen molar-refractivity contribution in [1.82, 2.24) is 50.5 Å². The van der Waals surface area contributed by atoms with Gasteiger partial charge >= 0.3 is 11.9 Å². The quantitative estimate of drug-likeness (QED) is 0.0247. The van der Waals surface area contributed by atoms with E-state index in [-0.39, 0.29) is 85.1 Å². The highest BCUT2D eigenvalue weighted by molar-refractivity contribution is 7.15. The molecule has 6 aromatic rings. The zero-order valence-electron chi connectivity index (χ0n) is 49.6. The van der Waals surface area contributed by atoms with Crippen LogP contribution in [-0.4, -0.2) is 189 Å². The zero-order valence-corrected chi connectivity index (χ0v) is 51.2. The van der Waals surface area contributed by atoms with Crippen LogP contribution in [-0.2, 0) is 59.0 Å². The third-order valence-corrected chi connectivity index (χ3v) is 16.4. The molecular formula is C60H74ClFN13O12S+. The summed E-state index contributed by atoms with van der Waals surface area (Å²) in [7, 11) is 0. The predicted octanol–water partition coefficient (Wildman–Crippen LogP) is 4.70. The summed E-state index contributed by atoms with van der Waals surface area (Å²) in [4.78, 5) is 81.0. The van der Waals surface area contributed by atoms with Gasteiger partial charge in [0.15, 0.2) is 5.82 Å². The lowest BCUT2D eigenvalue weighted by atomic mass is 9.83. The number of aliphatic imine (C=N–C) groups is 1. The Balaban J connectivity index is 0.000000359. The van der Waals surface area contributed by atoms with Gasteiger partial charge in [-0.3, -0.25) is 33.5 Å². The van der Waals surface area contributed by atoms with Gasteiger partial charge in [-0.2, -0.15) is 0 Å². The van der Waals surface area contributed by atoms with Crippen LogP contribution in [0.1, 0.15) is 71.4 Å². The summed E-state index contributed by atoms with van der Waals surface area (Å²) in [5.41, 5.74) is 6.61. The summed E-state index contributed by atoms with van der Waals surface area (Å²) in [6.07, 6.45) is 2.16. The number of piperidine rings is 1. The Kier molecular flexibility index (Phi) is 23.9. The van der Waals surface area contributed by atoms with E-state index in [1.54, 1.807) is 40.4 Å². The highest BCUT2D eigenvalue weighted by Crippen LogP contribution is 2.40. The molecule has 0 radical (unpaired) electrons. The third-order valence-electron chi connectivity index (χ3n) is 15.0. The molecule has 0 unspecified atom stereocenters. The number of carboxylic acids is 1. The topological polar surface area (TPSA) is 314 Å². The Morgan fingerprint density at radius 1 is 0.750 bits per heavy atom. The second kappa shape index (κ2) is 31.8. The predicted molar refractivity (Wildman–Crippen MR) is 328 cm³/mol. The van der Waals surface area contributed by atoms with Crippen molar-refractivity contribution in [2.75, 3.05) is 117 Å². The highest BCUT2D eigenvalue weighted by Gasteiger charge is 2.46. The van der Waals surface area contributed by atoms with Gasteiger partial charge in [-0.1, -0.05) is 40.7 Å². The summed E-state index contributed by atoms with van der Waals surface area (Å²) >= 11 is 7.80. The largest absolute Gasteiger partial charge is 0.480 e. The van der Waals surface area contributed by atoms with E-state index in [0.29, 0.717) is 113 Å². The van der Waals surface area contributed by atoms with E-state index in [4.69, 9.17) is 45.4 Å². The van der Waals surface area contributed by atoms with E-state index in [0.717, 1.165) is 32.9 Å². The number of halogens is 2. The molecule has 7 N–H and O–H groups in total. The molecule has 7 heterocycles. The number of anilines is 1. The fraction of sp³-hybridized carbons (Fsp3) is 0.450. The molecule has 28 heteroatoms. The molecule has 88 heavy (non-hydrogen) atoms. The normalized spacial score (nSPS) is 15.6. The van der Waals surface area contributed by atoms with Gasteiger partial charge in [-0.05, 0) is 62.2 Å². The molecule has 25 nitrogen and oxygen atoms in total. The number of quaternary nitrogens is 1. The van der Waals surface area contributed by atoms with Crippen molar-refractivity contribution >= 4 is 86.5 Å². The molecule has 3 aromatic carbocycles. The molecule has 0 aliphatic carbocycles. The van der Waals surface area contributed by atoms with E-state index in [1.165, 1.54) is 35.2 Å². The third kappa shape index (κ3) is 17.0. The number of aromatic nitrogens is 5. The molecule has 10 rings (SSSR count). The molecule has 470 valence electrons. The summed E-state index contributed by atoms with van der Waals surface area (Å²) in [5, 5.41) is 46.7. The summed E-state index contributed by atoms with van der Waals surface area (Å²) in [6.45, 7) is 12.0. The zero-order chi connectivity index (χ0) is 62.7. The number of carbonyl (C=O) groups excluding carboxylic acids is 5. The minimum atomic E-state index is -1.22. The molecule has 0 saturated carbocycles. The second-order valence-corrected chi connectivity index (χ2v) is 22.6. The first-order valence-electron chi connectivity index (χ1n) is 29.0. The number of benzene rings is 3. The lowest BCUT2D eigenvalue weighted by molar-refractivity contribution is -0.142. The van der Waals surface area contributed by atoms with Gasteiger partial charge in [0.1, 0.15) is 48.3 Å². The van der Waals surface area contributed by atoms with E-state index in [1.807, 2.05) is 31.2 Å². The molecular weight excluding hydrogens is 1180 g/mol. The van der Waals surface area contributed by atoms with Crippen LogP contribution < -0.4 is 31.2 Å². The second-order valence-electron chi connectivity index (χ2n) is 20.9. The number of aliphatic carboxylic acids is 1. The van der Waals surface area contributed by atoms with Crippen LogP contribution in [0.4, 0.5) is 10.1 Å². The fourth-order valence-corrected chi connectivity index (χ4v) is 11.7. The average molecular weight is 1260 g/mol. The van der Waals surface area contributed by atoms with Crippen LogP contribution >= 0.6 is 22.9 Å². The van der Waals surface area contributed by atoms with Gasteiger partial charge in [0, 0.05) is 94.1 Å². The number of amides is 5. The number of carbonyl (C=O) groups is 6. The first kappa shape index (κ1) is 66.1. The number of hydrogen-bond acceptors (Lipinski definition) is 18. The highest BCUT2D eigenvalue weighted by atomic mass is 35.5. The first-order chi connectivity index (χ1) is 42.4. The van der Waals surface area contributed by atoms with E-state index < -0.39 is 36.7 Å². The van der Waals surface area contributed by atoms with Crippen molar-refractivity contribution in [2.24, 2.45) is 10.9 Å². The Hall–Kier alpha value is -7.89. The molecule has 4 aliphatic heterocycles. The molecule has 1 fully saturated rings. The van der Waals surface area contributed by atoms with Crippen LogP contribution in [0.3, 0.4) is 0 Å². The Bertz CT molecular complexity index is 3510. The minimum Gasteiger partial charge on any atom is -0.480 e. The van der Waals surface area contributed by atoms with Gasteiger partial charge in [-0.25, -0.2) is 9.18 Å². The lowest BCUT2D eigenvalue weighted by Crippen LogP contribution is -2.66. The van der Waals surface area contributed by atoms with Gasteiger partial charge in [0.2, 0.25) is 23.6 Å². The van der Waals surface area contributed by atoms with Crippen molar-refractivity contribution < 1.29 is 61.9 Å². The van der Waals surface area contributed by atoms with Crippen molar-refractivity contribution in [3.63, 3.8) is 0 Å². The van der Waals surface area contributed by atoms with Crippen molar-refractivity contribution in [3.05, 3.63) is 110 Å². The SMILES string of the molecule is CC(=O)NCCOCCOCCOCCOCCOCCNC(=O)CCC(=O)[N+]12CCC(CC1)C(=N)c1c(NCC(=O)NCC(=O)NCC(=O)O)cccc1-c1cc3c(cnn32)cc1F.Cc1sc2c(c1C)C(c1ccc(Cl)cc1)=NCc1nnc(C)n1-2. The maximum atomic E-state index is 16.0. The summed E-state index contributed by atoms with van der Waals surface area (Å²) in [5.74, 6) is -2.25. The number of rotatable bonds is 29. The Morgan fingerprint density at radius 2 is 1.38 bits per heavy atom. The fourth-order valence-electron chi connectivity index (χ4n) is 10.4. The first-order valence-corrected chi connectivity index (χ1v) is 30.2. The minimum absolute atomic E-state index is 0.0694. The maximum absolute atomic E-state index is 16.0. The van der Waals surface area contributed by atoms with Gasteiger partial charge in [0.05, 0.1) is 97.5 Å². The standard InChI is InChI=1S/C43H58FN9O12.C17H15ClN4S/c1-29(54)46-9-13-61-15-17-63-19-21-65-22-20-64-18-16-62-14-10-47-37(55)5-6-40(58)53-11-7-30(8-12-53)43(45)42-32(33-24-36-31(23-34(33)44)25-51-52(36)53)3-2-4-35(42)48-26-38(56)49-27-39(57)50-28-41(59)60;1-9-10(2)23-17-15(9)16(12-4-6-13(18)7-5-12)19-8-14-21-20-11(3)22(14)17/h2-4,23-25,30H,5-22,26-28H2,1H3,(H6-,45,46,47,48,49,50,54,55,56,57,59,60);4-7H,8H2,1-3H3/p+1. The van der Waals surface area contributed by atoms with Crippen LogP contribution in [0.5, 0.6) is 0 Å². The van der Waals surface area contributed by atoms with E-state index in [9.17, 15) is 34.2 Å². The number of aryl methyl sites for hydroxylation is 2. The smallest absolute Gasteiger partial charge is 0.340 e. The van der Waals surface area contributed by atoms with Crippen LogP contribution in [0, 0.1) is 37.9 Å². The van der Waals surface area contributed by atoms with E-state index in [2.05, 4.69) is 60.3 Å². The molecule has 0 atom stereocenters. The van der Waals surface area contributed by atoms with Gasteiger partial charge in [0.25, 0.3) is 0 Å². The van der Waals surface area contributed by atoms with Crippen LogP contribution in [0.15, 0.2) is 65.8 Å². The summed E-state index contributed by atoms with van der Waals surface area (Å²) in [6, 6.07) is 15.9. The lowest BCUT2D eigenvalue weighted by Gasteiger charge is -2.40. The average Bonchev–Trinajstić information content (AvgIpc) is 2.69. The van der Waals surface area contributed by atoms with Crippen molar-refractivity contribution in [3.8, 4) is 16.1 Å². The molecule has 1 saturated heterocycles. The molecule has 4 aliphatic rings. The van der Waals surface area contributed by atoms with Crippen LogP contribution in [0.25, 0.3) is 27.0 Å².